The predicted molar refractivity (Wildman–Crippen MR) is 109 cm³/mol. The van der Waals surface area contributed by atoms with Crippen LogP contribution < -0.4 is 4.90 Å². The SMILES string of the molecule is CCC(=O)N1CCC(C(=O)O)C(N2c3ccccc3CCc3ccccc32)C1. The monoisotopic (exact) mass is 378 g/mol. The van der Waals surface area contributed by atoms with Gasteiger partial charge in [0.15, 0.2) is 0 Å². The number of carboxylic acids is 1. The summed E-state index contributed by atoms with van der Waals surface area (Å²) >= 11 is 0. The van der Waals surface area contributed by atoms with E-state index < -0.39 is 11.9 Å². The molecule has 0 bridgehead atoms. The molecule has 2 aliphatic heterocycles. The summed E-state index contributed by atoms with van der Waals surface area (Å²) in [4.78, 5) is 28.6. The Kier molecular flexibility index (Phi) is 5.07. The zero-order valence-electron chi connectivity index (χ0n) is 16.2. The van der Waals surface area contributed by atoms with Crippen LogP contribution in [0.1, 0.15) is 30.9 Å². The first-order valence-electron chi connectivity index (χ1n) is 10.1. The fourth-order valence-electron chi connectivity index (χ4n) is 4.60. The molecule has 1 amide bonds. The molecular formula is C23H26N2O3. The van der Waals surface area contributed by atoms with Gasteiger partial charge in [-0.1, -0.05) is 43.3 Å². The molecular weight excluding hydrogens is 352 g/mol. The van der Waals surface area contributed by atoms with E-state index in [0.29, 0.717) is 25.9 Å². The molecule has 2 aliphatic rings. The fourth-order valence-corrected chi connectivity index (χ4v) is 4.60. The van der Waals surface area contributed by atoms with Crippen LogP contribution >= 0.6 is 0 Å². The van der Waals surface area contributed by atoms with Gasteiger partial charge in [-0.15, -0.1) is 0 Å². The summed E-state index contributed by atoms with van der Waals surface area (Å²) in [5.41, 5.74) is 4.58. The predicted octanol–water partition coefficient (Wildman–Crippen LogP) is 3.64. The first-order valence-corrected chi connectivity index (χ1v) is 10.1. The number of para-hydroxylation sites is 2. The van der Waals surface area contributed by atoms with E-state index in [2.05, 4.69) is 29.2 Å². The zero-order valence-corrected chi connectivity index (χ0v) is 16.2. The van der Waals surface area contributed by atoms with Gasteiger partial charge < -0.3 is 14.9 Å². The second-order valence-corrected chi connectivity index (χ2v) is 7.62. The zero-order chi connectivity index (χ0) is 19.7. The Hall–Kier alpha value is -2.82. The smallest absolute Gasteiger partial charge is 0.308 e. The first kappa shape index (κ1) is 18.5. The number of aryl methyl sites for hydroxylation is 2. The number of fused-ring (bicyclic) bond motifs is 2. The number of hydrogen-bond donors (Lipinski definition) is 1. The van der Waals surface area contributed by atoms with Crippen LogP contribution in [0.15, 0.2) is 48.5 Å². The van der Waals surface area contributed by atoms with Crippen LogP contribution in [0.25, 0.3) is 0 Å². The Balaban J connectivity index is 1.84. The van der Waals surface area contributed by atoms with Gasteiger partial charge in [0.1, 0.15) is 0 Å². The average Bonchev–Trinajstić information content (AvgIpc) is 2.89. The van der Waals surface area contributed by atoms with E-state index in [1.54, 1.807) is 0 Å². The molecule has 1 fully saturated rings. The van der Waals surface area contributed by atoms with Crippen molar-refractivity contribution in [2.24, 2.45) is 5.92 Å². The number of piperidine rings is 1. The second-order valence-electron chi connectivity index (χ2n) is 7.62. The van der Waals surface area contributed by atoms with Gasteiger partial charge in [-0.05, 0) is 42.5 Å². The van der Waals surface area contributed by atoms with Crippen molar-refractivity contribution < 1.29 is 14.7 Å². The third-order valence-corrected chi connectivity index (χ3v) is 6.05. The average molecular weight is 378 g/mol. The number of carbonyl (C=O) groups excluding carboxylic acids is 1. The lowest BCUT2D eigenvalue weighted by atomic mass is 9.89. The normalized spacial score (nSPS) is 21.5. The maximum Gasteiger partial charge on any atom is 0.308 e. The molecule has 4 rings (SSSR count). The molecule has 2 unspecified atom stereocenters. The summed E-state index contributed by atoms with van der Waals surface area (Å²) in [5, 5.41) is 9.96. The molecule has 5 nitrogen and oxygen atoms in total. The fraction of sp³-hybridized carbons (Fsp3) is 0.391. The van der Waals surface area contributed by atoms with Gasteiger partial charge in [0, 0.05) is 30.9 Å². The van der Waals surface area contributed by atoms with E-state index in [9.17, 15) is 14.7 Å². The van der Waals surface area contributed by atoms with Crippen LogP contribution in [-0.2, 0) is 22.4 Å². The summed E-state index contributed by atoms with van der Waals surface area (Å²) in [6.07, 6.45) is 2.77. The number of benzene rings is 2. The number of carbonyl (C=O) groups is 2. The molecule has 2 heterocycles. The third-order valence-electron chi connectivity index (χ3n) is 6.05. The minimum atomic E-state index is -0.784. The molecule has 146 valence electrons. The van der Waals surface area contributed by atoms with Crippen molar-refractivity contribution in [3.63, 3.8) is 0 Å². The third kappa shape index (κ3) is 3.26. The van der Waals surface area contributed by atoms with Crippen LogP contribution in [0.3, 0.4) is 0 Å². The van der Waals surface area contributed by atoms with Crippen LogP contribution in [0.5, 0.6) is 0 Å². The molecule has 1 saturated heterocycles. The number of hydrogen-bond acceptors (Lipinski definition) is 3. The topological polar surface area (TPSA) is 60.9 Å². The summed E-state index contributed by atoms with van der Waals surface area (Å²) in [7, 11) is 0. The van der Waals surface area contributed by atoms with E-state index in [1.807, 2.05) is 36.1 Å². The van der Waals surface area contributed by atoms with E-state index in [0.717, 1.165) is 24.2 Å². The van der Waals surface area contributed by atoms with Gasteiger partial charge in [0.25, 0.3) is 0 Å². The lowest BCUT2D eigenvalue weighted by Crippen LogP contribution is -2.55. The summed E-state index contributed by atoms with van der Waals surface area (Å²) in [5.74, 6) is -1.21. The number of carboxylic acid groups (broad SMARTS) is 1. The van der Waals surface area contributed by atoms with Crippen molar-refractivity contribution in [2.75, 3.05) is 18.0 Å². The molecule has 28 heavy (non-hydrogen) atoms. The Morgan fingerprint density at radius 3 is 2.11 bits per heavy atom. The van der Waals surface area contributed by atoms with Crippen molar-refractivity contribution in [3.8, 4) is 0 Å². The summed E-state index contributed by atoms with van der Waals surface area (Å²) in [6, 6.07) is 16.2. The minimum Gasteiger partial charge on any atom is -0.481 e. The van der Waals surface area contributed by atoms with Gasteiger partial charge in [-0.2, -0.15) is 0 Å². The van der Waals surface area contributed by atoms with Crippen molar-refractivity contribution in [3.05, 3.63) is 59.7 Å². The van der Waals surface area contributed by atoms with Crippen molar-refractivity contribution in [2.45, 2.75) is 38.6 Å². The van der Waals surface area contributed by atoms with Gasteiger partial charge in [0.2, 0.25) is 5.91 Å². The highest BCUT2D eigenvalue weighted by molar-refractivity contribution is 5.80. The number of aliphatic carboxylic acids is 1. The highest BCUT2D eigenvalue weighted by Gasteiger charge is 2.41. The number of rotatable bonds is 3. The Bertz CT molecular complexity index is 847. The molecule has 0 saturated carbocycles. The van der Waals surface area contributed by atoms with Crippen molar-refractivity contribution in [1.82, 2.24) is 4.90 Å². The maximum absolute atomic E-state index is 12.4. The van der Waals surface area contributed by atoms with E-state index in [4.69, 9.17) is 0 Å². The number of anilines is 2. The lowest BCUT2D eigenvalue weighted by Gasteiger charge is -2.44. The Morgan fingerprint density at radius 2 is 1.57 bits per heavy atom. The molecule has 5 heteroatoms. The van der Waals surface area contributed by atoms with Crippen LogP contribution in [0.4, 0.5) is 11.4 Å². The van der Waals surface area contributed by atoms with Crippen molar-refractivity contribution >= 4 is 23.3 Å². The maximum atomic E-state index is 12.4. The van der Waals surface area contributed by atoms with E-state index in [-0.39, 0.29) is 11.9 Å². The van der Waals surface area contributed by atoms with Gasteiger partial charge in [-0.25, -0.2) is 0 Å². The molecule has 0 radical (unpaired) electrons. The molecule has 0 aromatic heterocycles. The van der Waals surface area contributed by atoms with Gasteiger partial charge >= 0.3 is 5.97 Å². The van der Waals surface area contributed by atoms with Gasteiger partial charge in [0.05, 0.1) is 12.0 Å². The van der Waals surface area contributed by atoms with Gasteiger partial charge in [-0.3, -0.25) is 9.59 Å². The summed E-state index contributed by atoms with van der Waals surface area (Å²) in [6.45, 7) is 2.81. The number of likely N-dealkylation sites (tertiary alicyclic amines) is 1. The standard InChI is InChI=1S/C23H26N2O3/c1-2-22(26)24-14-13-18(23(27)28)21(15-24)25-19-9-5-3-7-16(19)11-12-17-8-4-6-10-20(17)25/h3-10,18,21H,2,11-15H2,1H3,(H,27,28). The first-order chi connectivity index (χ1) is 13.6. The van der Waals surface area contributed by atoms with Crippen LogP contribution in [-0.4, -0.2) is 41.0 Å². The van der Waals surface area contributed by atoms with Crippen LogP contribution in [0, 0.1) is 5.92 Å². The highest BCUT2D eigenvalue weighted by atomic mass is 16.4. The number of nitrogens with zero attached hydrogens (tertiary/aromatic N) is 2. The largest absolute Gasteiger partial charge is 0.481 e. The van der Waals surface area contributed by atoms with Crippen molar-refractivity contribution in [1.29, 1.82) is 0 Å². The van der Waals surface area contributed by atoms with Crippen LogP contribution in [0.2, 0.25) is 0 Å². The lowest BCUT2D eigenvalue weighted by molar-refractivity contribution is -0.146. The minimum absolute atomic E-state index is 0.0882. The Morgan fingerprint density at radius 1 is 1.00 bits per heavy atom. The molecule has 0 spiro atoms. The summed E-state index contributed by atoms with van der Waals surface area (Å²) < 4.78 is 0. The second kappa shape index (κ2) is 7.66. The molecule has 2 aromatic carbocycles. The van der Waals surface area contributed by atoms with E-state index >= 15 is 0 Å². The molecule has 1 N–H and O–H groups in total. The molecule has 2 atom stereocenters. The Labute approximate surface area is 165 Å². The number of amides is 1. The molecule has 0 aliphatic carbocycles. The highest BCUT2D eigenvalue weighted by Crippen LogP contribution is 2.40. The quantitative estimate of drug-likeness (QED) is 0.886. The van der Waals surface area contributed by atoms with E-state index in [1.165, 1.54) is 11.1 Å². The molecule has 2 aromatic rings.